The summed E-state index contributed by atoms with van der Waals surface area (Å²) in [5.41, 5.74) is 1.87. The summed E-state index contributed by atoms with van der Waals surface area (Å²) in [5, 5.41) is 2.81. The first kappa shape index (κ1) is 30.9. The molecule has 0 saturated carbocycles. The molecule has 0 aliphatic carbocycles. The van der Waals surface area contributed by atoms with E-state index in [1.165, 1.54) is 35.7 Å². The summed E-state index contributed by atoms with van der Waals surface area (Å²) in [7, 11) is -2.68. The number of hydrogen-bond acceptors (Lipinski definition) is 7. The molecule has 1 fully saturated rings. The Morgan fingerprint density at radius 2 is 1.62 bits per heavy atom. The molecule has 42 heavy (non-hydrogen) atoms. The van der Waals surface area contributed by atoms with Gasteiger partial charge in [0.1, 0.15) is 11.6 Å². The molecule has 0 spiro atoms. The second kappa shape index (κ2) is 12.9. The van der Waals surface area contributed by atoms with Gasteiger partial charge in [-0.05, 0) is 81.1 Å². The Kier molecular flexibility index (Phi) is 9.48. The van der Waals surface area contributed by atoms with Crippen molar-refractivity contribution in [2.45, 2.75) is 62.5 Å². The minimum absolute atomic E-state index is 0.0196. The summed E-state index contributed by atoms with van der Waals surface area (Å²) in [6.07, 6.45) is 1.08. The van der Waals surface area contributed by atoms with Crippen LogP contribution in [0.25, 0.3) is 0 Å². The molecular formula is C32H36N2O7S. The molecule has 1 aliphatic rings. The minimum atomic E-state index is -3.92. The first-order valence-electron chi connectivity index (χ1n) is 13.8. The number of esters is 2. The molecule has 1 amide bonds. The van der Waals surface area contributed by atoms with E-state index in [9.17, 15) is 22.8 Å². The fraction of sp³-hybridized carbons (Fsp3) is 0.344. The van der Waals surface area contributed by atoms with Crippen LogP contribution >= 0.6 is 0 Å². The molecule has 1 N–H and O–H groups in total. The van der Waals surface area contributed by atoms with Gasteiger partial charge in [0.2, 0.25) is 10.0 Å². The number of benzene rings is 3. The number of carbonyl (C=O) groups is 3. The number of methoxy groups -OCH3 is 1. The second-order valence-electron chi connectivity index (χ2n) is 11.2. The minimum Gasteiger partial charge on any atom is -0.468 e. The topological polar surface area (TPSA) is 119 Å². The number of sulfonamides is 1. The van der Waals surface area contributed by atoms with E-state index in [0.29, 0.717) is 24.1 Å². The molecule has 2 atom stereocenters. The van der Waals surface area contributed by atoms with Gasteiger partial charge in [-0.3, -0.25) is 14.4 Å². The molecule has 10 heteroatoms. The zero-order chi connectivity index (χ0) is 30.5. The van der Waals surface area contributed by atoms with Crippen LogP contribution in [0.5, 0.6) is 0 Å². The molecule has 9 nitrogen and oxygen atoms in total. The Labute approximate surface area is 246 Å². The highest BCUT2D eigenvalue weighted by Gasteiger charge is 2.40. The third kappa shape index (κ3) is 7.43. The first-order chi connectivity index (χ1) is 19.9. The average Bonchev–Trinajstić information content (AvgIpc) is 3.47. The van der Waals surface area contributed by atoms with Crippen LogP contribution in [-0.4, -0.2) is 55.9 Å². The molecule has 0 radical (unpaired) electrons. The van der Waals surface area contributed by atoms with Crippen LogP contribution < -0.4 is 5.32 Å². The Balaban J connectivity index is 1.51. The van der Waals surface area contributed by atoms with Gasteiger partial charge in [0, 0.05) is 23.7 Å². The standard InChI is InChI=1S/C32H36N2O7S/c1-32(2,3)41-29(35)21-27(22-10-6-5-7-11-22)23-12-8-13-24(20-23)30(36)33-25-15-17-26(18-16-25)42(38,39)34-19-9-14-28(34)31(37)40-4/h5-8,10-13,15-18,20,27-28H,9,14,19,21H2,1-4H3,(H,33,36)/t27-,28-/m0/s1. The Bertz CT molecular complexity index is 1530. The maximum Gasteiger partial charge on any atom is 0.324 e. The van der Waals surface area contributed by atoms with Crippen LogP contribution in [0.3, 0.4) is 0 Å². The van der Waals surface area contributed by atoms with Crippen LogP contribution in [0.1, 0.15) is 67.4 Å². The van der Waals surface area contributed by atoms with E-state index in [1.54, 1.807) is 18.2 Å². The van der Waals surface area contributed by atoms with Crippen LogP contribution in [0, 0.1) is 0 Å². The maximum absolute atomic E-state index is 13.2. The molecular weight excluding hydrogens is 556 g/mol. The molecule has 0 aromatic heterocycles. The van der Waals surface area contributed by atoms with Crippen molar-refractivity contribution in [3.05, 3.63) is 95.6 Å². The molecule has 3 aromatic rings. The quantitative estimate of drug-likeness (QED) is 0.342. The van der Waals surface area contributed by atoms with Crippen LogP contribution in [-0.2, 0) is 29.1 Å². The molecule has 0 bridgehead atoms. The maximum atomic E-state index is 13.2. The number of hydrogen-bond donors (Lipinski definition) is 1. The van der Waals surface area contributed by atoms with Crippen LogP contribution in [0.2, 0.25) is 0 Å². The summed E-state index contributed by atoms with van der Waals surface area (Å²) in [6, 6.07) is 21.6. The number of nitrogens with one attached hydrogen (secondary N) is 1. The van der Waals surface area contributed by atoms with Gasteiger partial charge in [-0.2, -0.15) is 4.31 Å². The number of ether oxygens (including phenoxy) is 2. The van der Waals surface area contributed by atoms with Crippen molar-refractivity contribution in [1.29, 1.82) is 0 Å². The molecule has 3 aromatic carbocycles. The summed E-state index contributed by atoms with van der Waals surface area (Å²) < 4.78 is 37.9. The van der Waals surface area contributed by atoms with Crippen molar-refractivity contribution < 1.29 is 32.3 Å². The van der Waals surface area contributed by atoms with E-state index in [0.717, 1.165) is 11.1 Å². The highest BCUT2D eigenvalue weighted by Crippen LogP contribution is 2.31. The van der Waals surface area contributed by atoms with Gasteiger partial charge < -0.3 is 14.8 Å². The molecule has 1 aliphatic heterocycles. The van der Waals surface area contributed by atoms with Gasteiger partial charge in [-0.25, -0.2) is 8.42 Å². The fourth-order valence-electron chi connectivity index (χ4n) is 5.01. The third-order valence-corrected chi connectivity index (χ3v) is 8.86. The Morgan fingerprint density at radius 3 is 2.26 bits per heavy atom. The summed E-state index contributed by atoms with van der Waals surface area (Å²) in [5.74, 6) is -1.63. The van der Waals surface area contributed by atoms with Crippen molar-refractivity contribution in [3.8, 4) is 0 Å². The lowest BCUT2D eigenvalue weighted by Gasteiger charge is -2.23. The summed E-state index contributed by atoms with van der Waals surface area (Å²) in [6.45, 7) is 5.69. The summed E-state index contributed by atoms with van der Waals surface area (Å²) in [4.78, 5) is 38.0. The second-order valence-corrected chi connectivity index (χ2v) is 13.0. The first-order valence-corrected chi connectivity index (χ1v) is 15.2. The van der Waals surface area contributed by atoms with Gasteiger partial charge in [-0.15, -0.1) is 0 Å². The number of amides is 1. The average molecular weight is 593 g/mol. The molecule has 1 saturated heterocycles. The number of anilines is 1. The van der Waals surface area contributed by atoms with Gasteiger partial charge in [0.25, 0.3) is 5.91 Å². The molecule has 0 unspecified atom stereocenters. The highest BCUT2D eigenvalue weighted by atomic mass is 32.2. The number of carbonyl (C=O) groups excluding carboxylic acids is 3. The van der Waals surface area contributed by atoms with E-state index in [4.69, 9.17) is 9.47 Å². The van der Waals surface area contributed by atoms with E-state index < -0.39 is 27.6 Å². The van der Waals surface area contributed by atoms with Gasteiger partial charge in [-0.1, -0.05) is 42.5 Å². The molecule has 1 heterocycles. The van der Waals surface area contributed by atoms with Crippen molar-refractivity contribution in [1.82, 2.24) is 4.31 Å². The van der Waals surface area contributed by atoms with Gasteiger partial charge in [0.05, 0.1) is 18.4 Å². The van der Waals surface area contributed by atoms with E-state index >= 15 is 0 Å². The lowest BCUT2D eigenvalue weighted by molar-refractivity contribution is -0.155. The number of nitrogens with zero attached hydrogens (tertiary/aromatic N) is 1. The largest absolute Gasteiger partial charge is 0.468 e. The van der Waals surface area contributed by atoms with Crippen molar-refractivity contribution >= 4 is 33.6 Å². The molecule has 4 rings (SSSR count). The SMILES string of the molecule is COC(=O)[C@@H]1CCCN1S(=O)(=O)c1ccc(NC(=O)c2cccc([C@@H](CC(=O)OC(C)(C)C)c3ccccc3)c2)cc1. The highest BCUT2D eigenvalue weighted by molar-refractivity contribution is 7.89. The van der Waals surface area contributed by atoms with Crippen molar-refractivity contribution in [3.63, 3.8) is 0 Å². The zero-order valence-corrected chi connectivity index (χ0v) is 25.0. The van der Waals surface area contributed by atoms with Crippen molar-refractivity contribution in [2.24, 2.45) is 0 Å². The Morgan fingerprint density at radius 1 is 0.952 bits per heavy atom. The lowest BCUT2D eigenvalue weighted by atomic mass is 9.87. The smallest absolute Gasteiger partial charge is 0.324 e. The number of rotatable bonds is 9. The summed E-state index contributed by atoms with van der Waals surface area (Å²) >= 11 is 0. The Hall–Kier alpha value is -4.02. The predicted octanol–water partition coefficient (Wildman–Crippen LogP) is 5.13. The normalized spacial score (nSPS) is 16.4. The monoisotopic (exact) mass is 592 g/mol. The van der Waals surface area contributed by atoms with E-state index in [1.807, 2.05) is 57.2 Å². The predicted molar refractivity (Wildman–Crippen MR) is 159 cm³/mol. The van der Waals surface area contributed by atoms with Gasteiger partial charge in [0.15, 0.2) is 0 Å². The van der Waals surface area contributed by atoms with E-state index in [-0.39, 0.29) is 35.7 Å². The van der Waals surface area contributed by atoms with Crippen LogP contribution in [0.15, 0.2) is 83.8 Å². The third-order valence-electron chi connectivity index (χ3n) is 6.94. The molecule has 222 valence electrons. The van der Waals surface area contributed by atoms with Gasteiger partial charge >= 0.3 is 11.9 Å². The zero-order valence-electron chi connectivity index (χ0n) is 24.2. The lowest BCUT2D eigenvalue weighted by Crippen LogP contribution is -2.41. The fourth-order valence-corrected chi connectivity index (χ4v) is 6.66. The van der Waals surface area contributed by atoms with Crippen molar-refractivity contribution in [2.75, 3.05) is 19.0 Å². The van der Waals surface area contributed by atoms with E-state index in [2.05, 4.69) is 5.32 Å². The van der Waals surface area contributed by atoms with Crippen LogP contribution in [0.4, 0.5) is 5.69 Å².